The average molecular weight is 331 g/mol. The summed E-state index contributed by atoms with van der Waals surface area (Å²) in [7, 11) is 0. The van der Waals surface area contributed by atoms with Crippen LogP contribution < -0.4 is 5.32 Å². The molecule has 1 fully saturated rings. The van der Waals surface area contributed by atoms with Crippen LogP contribution in [0.2, 0.25) is 0 Å². The Hall–Kier alpha value is -2.32. The van der Waals surface area contributed by atoms with Gasteiger partial charge in [0.2, 0.25) is 5.91 Å². The number of hydrogen-bond acceptors (Lipinski definition) is 6. The van der Waals surface area contributed by atoms with Crippen molar-refractivity contribution in [2.45, 2.75) is 31.9 Å². The Morgan fingerprint density at radius 2 is 2.21 bits per heavy atom. The molecule has 0 aliphatic carbocycles. The van der Waals surface area contributed by atoms with E-state index in [4.69, 9.17) is 9.47 Å². The minimum Gasteiger partial charge on any atom is -0.376 e. The van der Waals surface area contributed by atoms with Gasteiger partial charge in [-0.3, -0.25) is 4.79 Å². The molecule has 2 aromatic rings. The fraction of sp³-hybridized carbons (Fsp3) is 0.500. The molecule has 128 valence electrons. The van der Waals surface area contributed by atoms with E-state index in [0.29, 0.717) is 12.4 Å². The van der Waals surface area contributed by atoms with E-state index in [1.807, 2.05) is 30.3 Å². The summed E-state index contributed by atoms with van der Waals surface area (Å²) in [6.07, 6.45) is 3.36. The van der Waals surface area contributed by atoms with Crippen molar-refractivity contribution in [3.63, 3.8) is 0 Å². The van der Waals surface area contributed by atoms with Gasteiger partial charge in [0.25, 0.3) is 0 Å². The van der Waals surface area contributed by atoms with Crippen molar-refractivity contribution in [2.24, 2.45) is 0 Å². The predicted molar refractivity (Wildman–Crippen MR) is 85.4 cm³/mol. The maximum Gasteiger partial charge on any atom is 0.246 e. The summed E-state index contributed by atoms with van der Waals surface area (Å²) in [5.74, 6) is 0.360. The van der Waals surface area contributed by atoms with E-state index in [2.05, 4.69) is 20.8 Å². The zero-order valence-electron chi connectivity index (χ0n) is 13.4. The van der Waals surface area contributed by atoms with Crippen LogP contribution in [0.3, 0.4) is 0 Å². The monoisotopic (exact) mass is 331 g/mol. The molecule has 1 aromatic heterocycles. The van der Waals surface area contributed by atoms with Crippen LogP contribution in [-0.2, 0) is 20.8 Å². The van der Waals surface area contributed by atoms with E-state index in [-0.39, 0.29) is 25.2 Å². The second kappa shape index (κ2) is 8.51. The predicted octanol–water partition coefficient (Wildman–Crippen LogP) is 0.864. The Bertz CT molecular complexity index is 640. The number of carbonyl (C=O) groups is 1. The van der Waals surface area contributed by atoms with Gasteiger partial charge in [-0.15, -0.1) is 5.10 Å². The number of benzene rings is 1. The highest BCUT2D eigenvalue weighted by atomic mass is 16.5. The second-order valence-corrected chi connectivity index (χ2v) is 5.62. The van der Waals surface area contributed by atoms with Gasteiger partial charge in [-0.1, -0.05) is 18.2 Å². The number of carbonyl (C=O) groups excluding carboxylic acids is 1. The summed E-state index contributed by atoms with van der Waals surface area (Å²) in [4.78, 5) is 11.9. The van der Waals surface area contributed by atoms with E-state index in [1.165, 1.54) is 0 Å². The van der Waals surface area contributed by atoms with Crippen LogP contribution in [0.5, 0.6) is 0 Å². The van der Waals surface area contributed by atoms with Crippen LogP contribution in [0.4, 0.5) is 0 Å². The largest absolute Gasteiger partial charge is 0.376 e. The topological polar surface area (TPSA) is 91.2 Å². The summed E-state index contributed by atoms with van der Waals surface area (Å²) < 4.78 is 12.6. The Labute approximate surface area is 140 Å². The van der Waals surface area contributed by atoms with E-state index in [9.17, 15) is 4.79 Å². The van der Waals surface area contributed by atoms with Gasteiger partial charge in [-0.2, -0.15) is 4.68 Å². The van der Waals surface area contributed by atoms with Crippen molar-refractivity contribution in [2.75, 3.05) is 19.8 Å². The highest BCUT2D eigenvalue weighted by Gasteiger charge is 2.15. The van der Waals surface area contributed by atoms with Crippen LogP contribution in [0.25, 0.3) is 5.69 Å². The number of nitrogens with one attached hydrogen (secondary N) is 1. The molecule has 1 aliphatic heterocycles. The lowest BCUT2D eigenvalue weighted by Crippen LogP contribution is -2.31. The van der Waals surface area contributed by atoms with Gasteiger partial charge >= 0.3 is 0 Å². The van der Waals surface area contributed by atoms with E-state index in [0.717, 1.165) is 31.6 Å². The van der Waals surface area contributed by atoms with E-state index >= 15 is 0 Å². The quantitative estimate of drug-likeness (QED) is 0.809. The smallest absolute Gasteiger partial charge is 0.246 e. The summed E-state index contributed by atoms with van der Waals surface area (Å²) in [6.45, 7) is 1.48. The number of para-hydroxylation sites is 1. The van der Waals surface area contributed by atoms with Crippen LogP contribution >= 0.6 is 0 Å². The summed E-state index contributed by atoms with van der Waals surface area (Å²) in [5.41, 5.74) is 0.845. The number of rotatable bonds is 7. The maximum atomic E-state index is 11.9. The molecule has 24 heavy (non-hydrogen) atoms. The molecular weight excluding hydrogens is 310 g/mol. The van der Waals surface area contributed by atoms with Crippen molar-refractivity contribution < 1.29 is 14.3 Å². The molecule has 1 aliphatic rings. The minimum atomic E-state index is -0.201. The number of nitrogens with zero attached hydrogens (tertiary/aromatic N) is 4. The maximum absolute atomic E-state index is 11.9. The number of ether oxygens (including phenoxy) is 2. The van der Waals surface area contributed by atoms with Gasteiger partial charge in [0.1, 0.15) is 6.61 Å². The highest BCUT2D eigenvalue weighted by Crippen LogP contribution is 2.12. The van der Waals surface area contributed by atoms with Gasteiger partial charge in [0.05, 0.1) is 24.9 Å². The Balaban J connectivity index is 1.43. The Morgan fingerprint density at radius 3 is 3.00 bits per heavy atom. The molecule has 1 amide bonds. The van der Waals surface area contributed by atoms with Crippen LogP contribution in [-0.4, -0.2) is 52.0 Å². The van der Waals surface area contributed by atoms with Crippen molar-refractivity contribution in [3.05, 3.63) is 36.2 Å². The number of aromatic nitrogens is 4. The number of amides is 1. The first-order valence-corrected chi connectivity index (χ1v) is 8.11. The van der Waals surface area contributed by atoms with Crippen LogP contribution in [0, 0.1) is 0 Å². The Kier molecular flexibility index (Phi) is 5.86. The number of tetrazole rings is 1. The number of hydrogen-bond donors (Lipinski definition) is 1. The molecule has 0 bridgehead atoms. The summed E-state index contributed by atoms with van der Waals surface area (Å²) >= 11 is 0. The van der Waals surface area contributed by atoms with Crippen LogP contribution in [0.15, 0.2) is 30.3 Å². The molecule has 1 atom stereocenters. The molecule has 1 unspecified atom stereocenters. The van der Waals surface area contributed by atoms with Crippen molar-refractivity contribution in [1.82, 2.24) is 25.5 Å². The molecule has 8 nitrogen and oxygen atoms in total. The zero-order chi connectivity index (χ0) is 16.6. The van der Waals surface area contributed by atoms with Gasteiger partial charge in [0, 0.05) is 6.61 Å². The lowest BCUT2D eigenvalue weighted by atomic mass is 10.1. The molecule has 8 heteroatoms. The lowest BCUT2D eigenvalue weighted by Gasteiger charge is -2.22. The van der Waals surface area contributed by atoms with Gasteiger partial charge in [0.15, 0.2) is 5.82 Å². The van der Waals surface area contributed by atoms with Crippen LogP contribution in [0.1, 0.15) is 25.1 Å². The molecule has 1 aromatic carbocycles. The SMILES string of the molecule is O=C(COCC1CCCCO1)NCc1nnnn1-c1ccccc1. The molecule has 2 heterocycles. The molecular formula is C16H21N5O3. The highest BCUT2D eigenvalue weighted by molar-refractivity contribution is 5.77. The Morgan fingerprint density at radius 1 is 1.33 bits per heavy atom. The average Bonchev–Trinajstić information content (AvgIpc) is 3.10. The molecule has 1 saturated heterocycles. The summed E-state index contributed by atoms with van der Waals surface area (Å²) in [6, 6.07) is 9.52. The first-order chi connectivity index (χ1) is 11.8. The molecule has 0 saturated carbocycles. The van der Waals surface area contributed by atoms with E-state index in [1.54, 1.807) is 4.68 Å². The molecule has 3 rings (SSSR count). The van der Waals surface area contributed by atoms with Crippen molar-refractivity contribution in [1.29, 1.82) is 0 Å². The van der Waals surface area contributed by atoms with Crippen molar-refractivity contribution in [3.8, 4) is 5.69 Å². The zero-order valence-corrected chi connectivity index (χ0v) is 13.4. The normalized spacial score (nSPS) is 17.6. The molecule has 1 N–H and O–H groups in total. The molecule has 0 radical (unpaired) electrons. The van der Waals surface area contributed by atoms with Crippen molar-refractivity contribution >= 4 is 5.91 Å². The van der Waals surface area contributed by atoms with Gasteiger partial charge < -0.3 is 14.8 Å². The molecule has 0 spiro atoms. The fourth-order valence-electron chi connectivity index (χ4n) is 2.54. The first-order valence-electron chi connectivity index (χ1n) is 8.11. The standard InChI is InChI=1S/C16H21N5O3/c22-16(12-23-11-14-8-4-5-9-24-14)17-10-15-18-19-20-21(15)13-6-2-1-3-7-13/h1-3,6-7,14H,4-5,8-12H2,(H,17,22). The third-order valence-electron chi connectivity index (χ3n) is 3.79. The third-order valence-corrected chi connectivity index (χ3v) is 3.79. The fourth-order valence-corrected chi connectivity index (χ4v) is 2.54. The second-order valence-electron chi connectivity index (χ2n) is 5.62. The van der Waals surface area contributed by atoms with Gasteiger partial charge in [-0.05, 0) is 41.8 Å². The lowest BCUT2D eigenvalue weighted by molar-refractivity contribution is -0.128. The minimum absolute atomic E-state index is 0.00671. The first kappa shape index (κ1) is 16.5. The summed E-state index contributed by atoms with van der Waals surface area (Å²) in [5, 5.41) is 14.3. The van der Waals surface area contributed by atoms with Gasteiger partial charge in [-0.25, -0.2) is 0 Å². The third kappa shape index (κ3) is 4.59. The van der Waals surface area contributed by atoms with E-state index < -0.39 is 0 Å².